The average Bonchev–Trinajstić information content (AvgIpc) is 2.31. The molecule has 0 aromatic carbocycles. The van der Waals surface area contributed by atoms with Gasteiger partial charge in [0.25, 0.3) is 0 Å². The van der Waals surface area contributed by atoms with Crippen LogP contribution in [-0.4, -0.2) is 35.9 Å². The summed E-state index contributed by atoms with van der Waals surface area (Å²) in [5, 5.41) is 0.528. The molecule has 0 spiro atoms. The van der Waals surface area contributed by atoms with Crippen molar-refractivity contribution in [2.45, 2.75) is 90.3 Å². The Morgan fingerprint density at radius 3 is 1.57 bits per heavy atom. The molecule has 0 aliphatic heterocycles. The van der Waals surface area contributed by atoms with E-state index in [1.54, 1.807) is 0 Å². The smallest absolute Gasteiger partial charge is 0.191 e. The summed E-state index contributed by atoms with van der Waals surface area (Å²) in [6.45, 7) is 24.7. The van der Waals surface area contributed by atoms with Crippen molar-refractivity contribution in [1.82, 2.24) is 0 Å². The van der Waals surface area contributed by atoms with Gasteiger partial charge in [0, 0.05) is 25.2 Å². The van der Waals surface area contributed by atoms with Crippen molar-refractivity contribution >= 4 is 16.6 Å². The van der Waals surface area contributed by atoms with Gasteiger partial charge >= 0.3 is 0 Å². The highest BCUT2D eigenvalue weighted by Crippen LogP contribution is 2.41. The summed E-state index contributed by atoms with van der Waals surface area (Å²) in [4.78, 5) is 0. The summed E-state index contributed by atoms with van der Waals surface area (Å²) in [6, 6.07) is 0.285. The zero-order chi connectivity index (χ0) is 18.3. The first-order chi connectivity index (χ1) is 10.1. The molecule has 0 aromatic rings. The molecular weight excluding hydrogens is 318 g/mol. The predicted octanol–water partition coefficient (Wildman–Crippen LogP) is 4.99. The highest BCUT2D eigenvalue weighted by Gasteiger charge is 2.44. The average molecular weight is 360 g/mol. The van der Waals surface area contributed by atoms with Crippen LogP contribution in [0.2, 0.25) is 36.3 Å². The third kappa shape index (κ3) is 5.14. The number of nitrogens with two attached hydrogens (primary N) is 1. The quantitative estimate of drug-likeness (QED) is 0.679. The molecule has 1 aliphatic carbocycles. The van der Waals surface area contributed by atoms with Crippen LogP contribution in [0.15, 0.2) is 0 Å². The minimum atomic E-state index is -1.69. The second-order valence-corrected chi connectivity index (χ2v) is 20.1. The van der Waals surface area contributed by atoms with Gasteiger partial charge in [-0.25, -0.2) is 0 Å². The lowest BCUT2D eigenvalue weighted by Gasteiger charge is -2.47. The van der Waals surface area contributed by atoms with E-state index in [-0.39, 0.29) is 16.1 Å². The van der Waals surface area contributed by atoms with E-state index in [0.29, 0.717) is 11.8 Å². The molecule has 3 atom stereocenters. The van der Waals surface area contributed by atoms with Gasteiger partial charge in [-0.3, -0.25) is 0 Å². The summed E-state index contributed by atoms with van der Waals surface area (Å²) in [5.41, 5.74) is 6.27. The Balaban J connectivity index is 2.55. The van der Waals surface area contributed by atoms with Gasteiger partial charge in [0.05, 0.1) is 0 Å². The monoisotopic (exact) mass is 359 g/mol. The second-order valence-electron chi connectivity index (χ2n) is 10.5. The van der Waals surface area contributed by atoms with Gasteiger partial charge in [-0.1, -0.05) is 41.5 Å². The molecule has 0 bridgehead atoms. The summed E-state index contributed by atoms with van der Waals surface area (Å²) in [5.74, 6) is 1.04. The largest absolute Gasteiger partial charge is 0.417 e. The van der Waals surface area contributed by atoms with Gasteiger partial charge < -0.3 is 14.6 Å². The van der Waals surface area contributed by atoms with E-state index < -0.39 is 16.6 Å². The van der Waals surface area contributed by atoms with Crippen LogP contribution in [0.1, 0.15) is 48.0 Å². The van der Waals surface area contributed by atoms with Crippen molar-refractivity contribution in [3.05, 3.63) is 0 Å². The fourth-order valence-electron chi connectivity index (χ4n) is 2.36. The van der Waals surface area contributed by atoms with Gasteiger partial charge in [-0.05, 0) is 48.6 Å². The molecule has 138 valence electrons. The minimum absolute atomic E-state index is 0.258. The van der Waals surface area contributed by atoms with Crippen LogP contribution in [0.3, 0.4) is 0 Å². The van der Waals surface area contributed by atoms with Crippen molar-refractivity contribution < 1.29 is 8.85 Å². The third-order valence-corrected chi connectivity index (χ3v) is 15.6. The molecule has 0 heterocycles. The fourth-order valence-corrected chi connectivity index (χ4v) is 4.46. The predicted molar refractivity (Wildman–Crippen MR) is 106 cm³/mol. The number of rotatable bonds is 6. The van der Waals surface area contributed by atoms with E-state index >= 15 is 0 Å². The molecule has 3 nitrogen and oxygen atoms in total. The SMILES string of the molecule is CC(C)(C)[Si](C)(C)OC[C@H]1C[C@H](N)[C@@H]1CO[Si](C)(C)C(C)(C)C. The van der Waals surface area contributed by atoms with E-state index in [1.165, 1.54) is 0 Å². The molecule has 0 saturated heterocycles. The molecule has 0 aromatic heterocycles. The van der Waals surface area contributed by atoms with E-state index in [9.17, 15) is 0 Å². The molecule has 1 rings (SSSR count). The standard InChI is InChI=1S/C18H41NO2Si2/c1-17(2,3)22(7,8)20-12-14-11-16(19)15(14)13-21-23(9,10)18(4,5)6/h14-16H,11-13,19H2,1-10H3/t14-,15-,16+/m1/s1. The van der Waals surface area contributed by atoms with Crippen LogP contribution >= 0.6 is 0 Å². The van der Waals surface area contributed by atoms with E-state index in [2.05, 4.69) is 67.7 Å². The molecule has 1 fully saturated rings. The fraction of sp³-hybridized carbons (Fsp3) is 1.00. The zero-order valence-corrected chi connectivity index (χ0v) is 19.2. The number of hydrogen-bond donors (Lipinski definition) is 1. The first-order valence-corrected chi connectivity index (χ1v) is 14.9. The molecule has 0 amide bonds. The maximum Gasteiger partial charge on any atom is 0.191 e. The number of hydrogen-bond acceptors (Lipinski definition) is 3. The van der Waals surface area contributed by atoms with Crippen LogP contribution in [0.5, 0.6) is 0 Å². The Bertz CT molecular complexity index is 397. The van der Waals surface area contributed by atoms with Crippen LogP contribution in [0, 0.1) is 11.8 Å². The van der Waals surface area contributed by atoms with Crippen LogP contribution < -0.4 is 5.73 Å². The van der Waals surface area contributed by atoms with Crippen molar-refractivity contribution in [1.29, 1.82) is 0 Å². The topological polar surface area (TPSA) is 44.5 Å². The molecule has 0 radical (unpaired) electrons. The third-order valence-electron chi connectivity index (χ3n) is 6.64. The summed E-state index contributed by atoms with van der Waals surface area (Å²) >= 11 is 0. The highest BCUT2D eigenvalue weighted by atomic mass is 28.4. The minimum Gasteiger partial charge on any atom is -0.417 e. The van der Waals surface area contributed by atoms with Crippen LogP contribution in [0.25, 0.3) is 0 Å². The van der Waals surface area contributed by atoms with Crippen molar-refractivity contribution in [3.8, 4) is 0 Å². The maximum absolute atomic E-state index is 6.41. The molecule has 1 saturated carbocycles. The Hall–Kier alpha value is 0.314. The van der Waals surface area contributed by atoms with E-state index in [1.807, 2.05) is 0 Å². The molecule has 0 unspecified atom stereocenters. The van der Waals surface area contributed by atoms with Gasteiger partial charge in [-0.15, -0.1) is 0 Å². The van der Waals surface area contributed by atoms with Crippen molar-refractivity contribution in [3.63, 3.8) is 0 Å². The van der Waals surface area contributed by atoms with Crippen LogP contribution in [0.4, 0.5) is 0 Å². The highest BCUT2D eigenvalue weighted by molar-refractivity contribution is 6.74. The summed E-state index contributed by atoms with van der Waals surface area (Å²) in [6.07, 6.45) is 1.08. The van der Waals surface area contributed by atoms with Gasteiger partial charge in [0.2, 0.25) is 0 Å². The first-order valence-electron chi connectivity index (χ1n) is 9.12. The second kappa shape index (κ2) is 6.91. The molecule has 2 N–H and O–H groups in total. The van der Waals surface area contributed by atoms with Crippen molar-refractivity contribution in [2.75, 3.05) is 13.2 Å². The van der Waals surface area contributed by atoms with Gasteiger partial charge in [-0.2, -0.15) is 0 Å². The molecule has 5 heteroatoms. The summed E-state index contributed by atoms with van der Waals surface area (Å²) in [7, 11) is -3.35. The van der Waals surface area contributed by atoms with Gasteiger partial charge in [0.1, 0.15) is 0 Å². The first kappa shape index (κ1) is 21.4. The summed E-state index contributed by atoms with van der Waals surface area (Å²) < 4.78 is 12.8. The Morgan fingerprint density at radius 2 is 1.22 bits per heavy atom. The Morgan fingerprint density at radius 1 is 0.826 bits per heavy atom. The lowest BCUT2D eigenvalue weighted by Crippen LogP contribution is -2.55. The van der Waals surface area contributed by atoms with Crippen molar-refractivity contribution in [2.24, 2.45) is 17.6 Å². The van der Waals surface area contributed by atoms with Crippen LogP contribution in [-0.2, 0) is 8.85 Å². The lowest BCUT2D eigenvalue weighted by molar-refractivity contribution is 0.0323. The maximum atomic E-state index is 6.41. The van der Waals surface area contributed by atoms with E-state index in [0.717, 1.165) is 19.6 Å². The van der Waals surface area contributed by atoms with Gasteiger partial charge in [0.15, 0.2) is 16.6 Å². The molecule has 23 heavy (non-hydrogen) atoms. The lowest BCUT2D eigenvalue weighted by atomic mass is 9.70. The normalized spacial score (nSPS) is 27.0. The zero-order valence-electron chi connectivity index (χ0n) is 17.2. The molecule has 1 aliphatic rings. The molecular formula is C18H41NO2Si2. The Labute approximate surface area is 147 Å². The van der Waals surface area contributed by atoms with E-state index in [4.69, 9.17) is 14.6 Å². The Kier molecular flexibility index (Phi) is 6.41.